The van der Waals surface area contributed by atoms with Crippen LogP contribution >= 0.6 is 0 Å². The zero-order valence-corrected chi connectivity index (χ0v) is 11.2. The zero-order valence-electron chi connectivity index (χ0n) is 11.2. The molecule has 20 heavy (non-hydrogen) atoms. The molecule has 1 aromatic carbocycles. The first kappa shape index (κ1) is 12.9. The normalized spacial score (nSPS) is 16.2. The molecule has 0 unspecified atom stereocenters. The molecule has 1 aliphatic carbocycles. The fraction of sp³-hybridized carbons (Fsp3) is 0.375. The summed E-state index contributed by atoms with van der Waals surface area (Å²) in [6.45, 7) is 0. The monoisotopic (exact) mass is 271 g/mol. The van der Waals surface area contributed by atoms with Crippen molar-refractivity contribution in [3.8, 4) is 11.5 Å². The van der Waals surface area contributed by atoms with Crippen LogP contribution in [0.4, 0.5) is 0 Å². The third-order valence-corrected chi connectivity index (χ3v) is 3.96. The molecule has 1 saturated carbocycles. The molecule has 0 aliphatic heterocycles. The molecule has 104 valence electrons. The van der Waals surface area contributed by atoms with Crippen molar-refractivity contribution < 1.29 is 14.3 Å². The predicted molar refractivity (Wildman–Crippen MR) is 74.7 cm³/mol. The fourth-order valence-electron chi connectivity index (χ4n) is 2.84. The van der Waals surface area contributed by atoms with E-state index in [1.54, 1.807) is 0 Å². The number of rotatable bonds is 3. The highest BCUT2D eigenvalue weighted by atomic mass is 16.4. The number of nitrogens with zero attached hydrogens (tertiary/aromatic N) is 1. The number of aromatic carboxylic acids is 1. The second kappa shape index (κ2) is 5.49. The van der Waals surface area contributed by atoms with E-state index in [-0.39, 0.29) is 5.69 Å². The van der Waals surface area contributed by atoms with Crippen LogP contribution in [0.5, 0.6) is 0 Å². The highest BCUT2D eigenvalue weighted by Crippen LogP contribution is 2.33. The van der Waals surface area contributed by atoms with Gasteiger partial charge in [0.1, 0.15) is 6.26 Å². The Labute approximate surface area is 117 Å². The maximum atomic E-state index is 10.8. The van der Waals surface area contributed by atoms with Gasteiger partial charge in [0.15, 0.2) is 5.69 Å². The number of carbonyl (C=O) groups is 1. The van der Waals surface area contributed by atoms with E-state index >= 15 is 0 Å². The minimum Gasteiger partial charge on any atom is -0.476 e. The van der Waals surface area contributed by atoms with Crippen molar-refractivity contribution in [2.24, 2.45) is 0 Å². The van der Waals surface area contributed by atoms with Gasteiger partial charge < -0.3 is 9.52 Å². The molecule has 0 atom stereocenters. The van der Waals surface area contributed by atoms with E-state index in [0.29, 0.717) is 11.8 Å². The van der Waals surface area contributed by atoms with Crippen molar-refractivity contribution >= 4 is 5.97 Å². The fourth-order valence-corrected chi connectivity index (χ4v) is 2.84. The first-order valence-electron chi connectivity index (χ1n) is 7.03. The first-order chi connectivity index (χ1) is 9.74. The minimum absolute atomic E-state index is 0.0589. The summed E-state index contributed by atoms with van der Waals surface area (Å²) in [5.74, 6) is -0.0478. The van der Waals surface area contributed by atoms with Crippen LogP contribution < -0.4 is 0 Å². The summed E-state index contributed by atoms with van der Waals surface area (Å²) in [6.07, 6.45) is 7.68. The van der Waals surface area contributed by atoms with E-state index in [2.05, 4.69) is 17.1 Å². The molecule has 0 bridgehead atoms. The summed E-state index contributed by atoms with van der Waals surface area (Å²) < 4.78 is 5.21. The second-order valence-electron chi connectivity index (χ2n) is 5.30. The van der Waals surface area contributed by atoms with Gasteiger partial charge in [-0.2, -0.15) is 0 Å². The number of hydrogen-bond acceptors (Lipinski definition) is 3. The topological polar surface area (TPSA) is 63.3 Å². The molecule has 1 aliphatic rings. The maximum absolute atomic E-state index is 10.8. The molecule has 1 aromatic heterocycles. The third-order valence-electron chi connectivity index (χ3n) is 3.96. The SMILES string of the molecule is O=C(O)c1coc(-c2ccc(C3CCCCC3)cc2)n1. The van der Waals surface area contributed by atoms with E-state index in [9.17, 15) is 4.79 Å². The van der Waals surface area contributed by atoms with Gasteiger partial charge in [0.25, 0.3) is 0 Å². The first-order valence-corrected chi connectivity index (χ1v) is 7.03. The lowest BCUT2D eigenvalue weighted by atomic mass is 9.84. The largest absolute Gasteiger partial charge is 0.476 e. The van der Waals surface area contributed by atoms with Crippen molar-refractivity contribution in [2.45, 2.75) is 38.0 Å². The standard InChI is InChI=1S/C16H17NO3/c18-16(19)14-10-20-15(17-14)13-8-6-12(7-9-13)11-4-2-1-3-5-11/h6-11H,1-5H2,(H,18,19). The number of carboxylic acid groups (broad SMARTS) is 1. The average molecular weight is 271 g/mol. The van der Waals surface area contributed by atoms with Gasteiger partial charge in [0.2, 0.25) is 5.89 Å². The van der Waals surface area contributed by atoms with Gasteiger partial charge in [-0.15, -0.1) is 0 Å². The number of aromatic nitrogens is 1. The van der Waals surface area contributed by atoms with Crippen LogP contribution in [0.25, 0.3) is 11.5 Å². The molecule has 0 amide bonds. The Kier molecular flexibility index (Phi) is 3.54. The van der Waals surface area contributed by atoms with Gasteiger partial charge in [0.05, 0.1) is 0 Å². The van der Waals surface area contributed by atoms with Crippen LogP contribution in [-0.4, -0.2) is 16.1 Å². The van der Waals surface area contributed by atoms with Gasteiger partial charge in [0, 0.05) is 5.56 Å². The van der Waals surface area contributed by atoms with Crippen molar-refractivity contribution in [2.75, 3.05) is 0 Å². The van der Waals surface area contributed by atoms with Crippen molar-refractivity contribution in [1.82, 2.24) is 4.98 Å². The Hall–Kier alpha value is -2.10. The Bertz CT molecular complexity index is 594. The zero-order chi connectivity index (χ0) is 13.9. The number of hydrogen-bond donors (Lipinski definition) is 1. The summed E-state index contributed by atoms with van der Waals surface area (Å²) in [7, 11) is 0. The van der Waals surface area contributed by atoms with Crippen LogP contribution in [0.15, 0.2) is 34.9 Å². The maximum Gasteiger partial charge on any atom is 0.357 e. The average Bonchev–Trinajstić information content (AvgIpc) is 2.98. The molecule has 0 spiro atoms. The van der Waals surface area contributed by atoms with E-state index in [1.807, 2.05) is 12.1 Å². The van der Waals surface area contributed by atoms with Crippen molar-refractivity contribution in [3.63, 3.8) is 0 Å². The Morgan fingerprint density at radius 1 is 1.15 bits per heavy atom. The second-order valence-corrected chi connectivity index (χ2v) is 5.30. The summed E-state index contributed by atoms with van der Waals surface area (Å²) in [4.78, 5) is 14.7. The Morgan fingerprint density at radius 3 is 2.45 bits per heavy atom. The van der Waals surface area contributed by atoms with Gasteiger partial charge in [-0.1, -0.05) is 31.4 Å². The van der Waals surface area contributed by atoms with Crippen LogP contribution in [-0.2, 0) is 0 Å². The Balaban J connectivity index is 1.79. The number of benzene rings is 1. The molecule has 4 nitrogen and oxygen atoms in total. The highest BCUT2D eigenvalue weighted by Gasteiger charge is 2.16. The van der Waals surface area contributed by atoms with E-state index in [4.69, 9.17) is 9.52 Å². The smallest absolute Gasteiger partial charge is 0.357 e. The predicted octanol–water partition coefficient (Wildman–Crippen LogP) is 4.09. The van der Waals surface area contributed by atoms with Gasteiger partial charge in [-0.25, -0.2) is 9.78 Å². The van der Waals surface area contributed by atoms with Crippen molar-refractivity contribution in [1.29, 1.82) is 0 Å². The summed E-state index contributed by atoms with van der Waals surface area (Å²) in [5.41, 5.74) is 2.12. The molecule has 2 aromatic rings. The minimum atomic E-state index is -1.07. The molecular weight excluding hydrogens is 254 g/mol. The highest BCUT2D eigenvalue weighted by molar-refractivity contribution is 5.85. The molecule has 1 heterocycles. The molecule has 0 saturated heterocycles. The molecule has 1 fully saturated rings. The quantitative estimate of drug-likeness (QED) is 0.913. The van der Waals surface area contributed by atoms with Gasteiger partial charge >= 0.3 is 5.97 Å². The molecule has 0 radical (unpaired) electrons. The lowest BCUT2D eigenvalue weighted by molar-refractivity contribution is 0.0690. The van der Waals surface area contributed by atoms with Crippen LogP contribution in [0.2, 0.25) is 0 Å². The van der Waals surface area contributed by atoms with E-state index in [0.717, 1.165) is 5.56 Å². The summed E-state index contributed by atoms with van der Waals surface area (Å²) in [6, 6.07) is 8.13. The van der Waals surface area contributed by atoms with Crippen molar-refractivity contribution in [3.05, 3.63) is 41.8 Å². The molecular formula is C16H17NO3. The van der Waals surface area contributed by atoms with Gasteiger partial charge in [-0.3, -0.25) is 0 Å². The number of oxazole rings is 1. The Morgan fingerprint density at radius 2 is 1.85 bits per heavy atom. The molecule has 1 N–H and O–H groups in total. The van der Waals surface area contributed by atoms with E-state index in [1.165, 1.54) is 43.9 Å². The molecule has 3 rings (SSSR count). The third kappa shape index (κ3) is 2.59. The van der Waals surface area contributed by atoms with Gasteiger partial charge in [-0.05, 0) is 36.5 Å². The van der Waals surface area contributed by atoms with Crippen LogP contribution in [0.3, 0.4) is 0 Å². The number of carboxylic acids is 1. The van der Waals surface area contributed by atoms with Crippen LogP contribution in [0.1, 0.15) is 54.1 Å². The lowest BCUT2D eigenvalue weighted by Crippen LogP contribution is -2.04. The van der Waals surface area contributed by atoms with Crippen LogP contribution in [0, 0.1) is 0 Å². The lowest BCUT2D eigenvalue weighted by Gasteiger charge is -2.21. The summed E-state index contributed by atoms with van der Waals surface area (Å²) in [5, 5.41) is 8.84. The summed E-state index contributed by atoms with van der Waals surface area (Å²) >= 11 is 0. The van der Waals surface area contributed by atoms with E-state index < -0.39 is 5.97 Å². The molecule has 4 heteroatoms.